The van der Waals surface area contributed by atoms with Crippen LogP contribution in [0.4, 0.5) is 8.78 Å². The van der Waals surface area contributed by atoms with E-state index in [1.165, 1.54) is 6.92 Å². The second-order valence-electron chi connectivity index (χ2n) is 6.66. The lowest BCUT2D eigenvalue weighted by atomic mass is 9.95. The van der Waals surface area contributed by atoms with Gasteiger partial charge >= 0.3 is 0 Å². The largest absolute Gasteiger partial charge is 0.383 e. The van der Waals surface area contributed by atoms with Crippen molar-refractivity contribution in [1.29, 1.82) is 0 Å². The van der Waals surface area contributed by atoms with E-state index in [0.29, 0.717) is 12.6 Å². The highest BCUT2D eigenvalue weighted by Crippen LogP contribution is 2.24. The van der Waals surface area contributed by atoms with Crippen molar-refractivity contribution in [3.05, 3.63) is 35.4 Å². The van der Waals surface area contributed by atoms with Crippen molar-refractivity contribution in [3.8, 4) is 0 Å². The summed E-state index contributed by atoms with van der Waals surface area (Å²) in [6.45, 7) is 5.18. The molecule has 0 spiro atoms. The molecule has 2 rings (SSSR count). The molecule has 0 bridgehead atoms. The molecule has 2 amide bonds. The van der Waals surface area contributed by atoms with Crippen LogP contribution in [-0.2, 0) is 15.2 Å². The van der Waals surface area contributed by atoms with E-state index in [4.69, 9.17) is 0 Å². The number of hydrogen-bond acceptors (Lipinski definition) is 3. The van der Waals surface area contributed by atoms with Gasteiger partial charge in [0.05, 0.1) is 12.5 Å². The van der Waals surface area contributed by atoms with E-state index in [2.05, 4.69) is 5.32 Å². The zero-order chi connectivity index (χ0) is 18.1. The van der Waals surface area contributed by atoms with E-state index in [-0.39, 0.29) is 36.4 Å². The van der Waals surface area contributed by atoms with Crippen LogP contribution in [0.5, 0.6) is 0 Å². The Labute approximate surface area is 139 Å². The Kier molecular flexibility index (Phi) is 5.22. The lowest BCUT2D eigenvalue weighted by Crippen LogP contribution is -2.42. The van der Waals surface area contributed by atoms with Crippen molar-refractivity contribution < 1.29 is 23.5 Å². The predicted octanol–water partition coefficient (Wildman–Crippen LogP) is 1.55. The minimum atomic E-state index is -1.69. The SMILES string of the molecule is CC(C)N1CC(C(=O)NCC(C)(O)c2ccc(F)cc2F)CC1=O. The van der Waals surface area contributed by atoms with Crippen molar-refractivity contribution >= 4 is 11.8 Å². The first-order valence-corrected chi connectivity index (χ1v) is 7.87. The molecule has 0 saturated carbocycles. The first kappa shape index (κ1) is 18.3. The molecule has 1 aliphatic rings. The number of halogens is 2. The normalized spacial score (nSPS) is 20.4. The van der Waals surface area contributed by atoms with Gasteiger partial charge in [0, 0.05) is 30.6 Å². The molecule has 7 heteroatoms. The topological polar surface area (TPSA) is 69.6 Å². The van der Waals surface area contributed by atoms with Crippen molar-refractivity contribution in [1.82, 2.24) is 10.2 Å². The molecular weight excluding hydrogens is 318 g/mol. The number of benzene rings is 1. The van der Waals surface area contributed by atoms with Crippen molar-refractivity contribution in [2.45, 2.75) is 38.8 Å². The summed E-state index contributed by atoms with van der Waals surface area (Å²) in [4.78, 5) is 25.7. The Morgan fingerprint density at radius 1 is 1.46 bits per heavy atom. The molecular formula is C17H22F2N2O3. The summed E-state index contributed by atoms with van der Waals surface area (Å²) in [5, 5.41) is 12.9. The summed E-state index contributed by atoms with van der Waals surface area (Å²) in [5.74, 6) is -2.56. The quantitative estimate of drug-likeness (QED) is 0.854. The van der Waals surface area contributed by atoms with Gasteiger partial charge < -0.3 is 15.3 Å². The maximum Gasteiger partial charge on any atom is 0.225 e. The summed E-state index contributed by atoms with van der Waals surface area (Å²) < 4.78 is 26.8. The molecule has 0 aliphatic carbocycles. The van der Waals surface area contributed by atoms with Crippen LogP contribution in [0.25, 0.3) is 0 Å². The number of hydrogen-bond donors (Lipinski definition) is 2. The van der Waals surface area contributed by atoms with Crippen LogP contribution in [0.1, 0.15) is 32.8 Å². The van der Waals surface area contributed by atoms with Gasteiger partial charge in [-0.3, -0.25) is 9.59 Å². The second kappa shape index (κ2) is 6.84. The highest BCUT2D eigenvalue weighted by molar-refractivity contribution is 5.89. The average Bonchev–Trinajstić information content (AvgIpc) is 2.86. The molecule has 0 radical (unpaired) electrons. The molecule has 1 aromatic rings. The van der Waals surface area contributed by atoms with Crippen LogP contribution in [0.2, 0.25) is 0 Å². The summed E-state index contributed by atoms with van der Waals surface area (Å²) >= 11 is 0. The summed E-state index contributed by atoms with van der Waals surface area (Å²) in [5.41, 5.74) is -1.79. The number of rotatable bonds is 5. The highest BCUT2D eigenvalue weighted by atomic mass is 19.1. The Morgan fingerprint density at radius 3 is 2.67 bits per heavy atom. The van der Waals surface area contributed by atoms with Gasteiger partial charge in [0.15, 0.2) is 0 Å². The third-order valence-corrected chi connectivity index (χ3v) is 4.27. The van der Waals surface area contributed by atoms with Crippen molar-refractivity contribution in [3.63, 3.8) is 0 Å². The number of carbonyl (C=O) groups excluding carboxylic acids is 2. The molecule has 1 aromatic carbocycles. The fourth-order valence-electron chi connectivity index (χ4n) is 2.83. The fourth-order valence-corrected chi connectivity index (χ4v) is 2.83. The molecule has 1 heterocycles. The van der Waals surface area contributed by atoms with Crippen LogP contribution < -0.4 is 5.32 Å². The monoisotopic (exact) mass is 340 g/mol. The molecule has 2 N–H and O–H groups in total. The first-order valence-electron chi connectivity index (χ1n) is 7.87. The second-order valence-corrected chi connectivity index (χ2v) is 6.66. The predicted molar refractivity (Wildman–Crippen MR) is 83.9 cm³/mol. The summed E-state index contributed by atoms with van der Waals surface area (Å²) in [7, 11) is 0. The molecule has 2 atom stereocenters. The maximum atomic E-state index is 13.8. The van der Waals surface area contributed by atoms with Crippen molar-refractivity contribution in [2.24, 2.45) is 5.92 Å². The first-order chi connectivity index (χ1) is 11.1. The molecule has 5 nitrogen and oxygen atoms in total. The zero-order valence-corrected chi connectivity index (χ0v) is 14.0. The number of nitrogens with one attached hydrogen (secondary N) is 1. The van der Waals surface area contributed by atoms with E-state index < -0.39 is 23.2 Å². The summed E-state index contributed by atoms with van der Waals surface area (Å²) in [6, 6.07) is 2.90. The van der Waals surface area contributed by atoms with Crippen LogP contribution in [0, 0.1) is 17.6 Å². The number of likely N-dealkylation sites (tertiary alicyclic amines) is 1. The molecule has 24 heavy (non-hydrogen) atoms. The minimum absolute atomic E-state index is 0.0201. The maximum absolute atomic E-state index is 13.8. The highest BCUT2D eigenvalue weighted by Gasteiger charge is 2.36. The van der Waals surface area contributed by atoms with E-state index in [1.807, 2.05) is 13.8 Å². The van der Waals surface area contributed by atoms with Gasteiger partial charge in [0.25, 0.3) is 0 Å². The van der Waals surface area contributed by atoms with Crippen LogP contribution in [0.15, 0.2) is 18.2 Å². The van der Waals surface area contributed by atoms with Crippen molar-refractivity contribution in [2.75, 3.05) is 13.1 Å². The number of carbonyl (C=O) groups is 2. The van der Waals surface area contributed by atoms with E-state index in [0.717, 1.165) is 12.1 Å². The standard InChI is InChI=1S/C17H22F2N2O3/c1-10(2)21-8-11(6-15(21)22)16(23)20-9-17(3,24)13-5-4-12(18)7-14(13)19/h4-5,7,10-11,24H,6,8-9H2,1-3H3,(H,20,23). The van der Waals surface area contributed by atoms with E-state index in [1.54, 1.807) is 4.90 Å². The molecule has 1 saturated heterocycles. The minimum Gasteiger partial charge on any atom is -0.383 e. The Balaban J connectivity index is 1.99. The van der Waals surface area contributed by atoms with Gasteiger partial charge in [-0.1, -0.05) is 6.07 Å². The molecule has 0 aromatic heterocycles. The van der Waals surface area contributed by atoms with Gasteiger partial charge in [-0.15, -0.1) is 0 Å². The fraction of sp³-hybridized carbons (Fsp3) is 0.529. The van der Waals surface area contributed by atoms with Crippen LogP contribution in [-0.4, -0.2) is 41.0 Å². The van der Waals surface area contributed by atoms with Gasteiger partial charge in [-0.2, -0.15) is 0 Å². The Hall–Kier alpha value is -2.02. The number of nitrogens with zero attached hydrogens (tertiary/aromatic N) is 1. The molecule has 132 valence electrons. The average molecular weight is 340 g/mol. The van der Waals surface area contributed by atoms with Crippen LogP contribution >= 0.6 is 0 Å². The lowest BCUT2D eigenvalue weighted by Gasteiger charge is -2.25. The summed E-state index contributed by atoms with van der Waals surface area (Å²) in [6.07, 6.45) is 0.122. The Bertz CT molecular complexity index is 647. The number of amides is 2. The molecule has 1 fully saturated rings. The van der Waals surface area contributed by atoms with Crippen LogP contribution in [0.3, 0.4) is 0 Å². The lowest BCUT2D eigenvalue weighted by molar-refractivity contribution is -0.130. The zero-order valence-electron chi connectivity index (χ0n) is 14.0. The smallest absolute Gasteiger partial charge is 0.225 e. The Morgan fingerprint density at radius 2 is 2.12 bits per heavy atom. The number of aliphatic hydroxyl groups is 1. The third-order valence-electron chi connectivity index (χ3n) is 4.27. The third kappa shape index (κ3) is 3.90. The molecule has 1 aliphatic heterocycles. The van der Waals surface area contributed by atoms with Gasteiger partial charge in [-0.25, -0.2) is 8.78 Å². The van der Waals surface area contributed by atoms with Gasteiger partial charge in [0.2, 0.25) is 11.8 Å². The van der Waals surface area contributed by atoms with Gasteiger partial charge in [-0.05, 0) is 26.8 Å². The van der Waals surface area contributed by atoms with E-state index >= 15 is 0 Å². The molecule has 2 unspecified atom stereocenters. The van der Waals surface area contributed by atoms with E-state index in [9.17, 15) is 23.5 Å². The van der Waals surface area contributed by atoms with Gasteiger partial charge in [0.1, 0.15) is 17.2 Å².